The summed E-state index contributed by atoms with van der Waals surface area (Å²) in [6.45, 7) is 2.62. The van der Waals surface area contributed by atoms with Gasteiger partial charge in [-0.2, -0.15) is 4.98 Å². The second-order valence-corrected chi connectivity index (χ2v) is 9.04. The maximum Gasteiger partial charge on any atom is 0.349 e. The van der Waals surface area contributed by atoms with Crippen molar-refractivity contribution in [2.24, 2.45) is 0 Å². The van der Waals surface area contributed by atoms with Crippen LogP contribution in [0.5, 0.6) is 0 Å². The lowest BCUT2D eigenvalue weighted by molar-refractivity contribution is -0.137. The zero-order chi connectivity index (χ0) is 23.5. The van der Waals surface area contributed by atoms with Crippen LogP contribution in [-0.2, 0) is 11.3 Å². The van der Waals surface area contributed by atoms with Gasteiger partial charge in [0.2, 0.25) is 0 Å². The number of fused-ring (bicyclic) bond motifs is 2. The first kappa shape index (κ1) is 22.9. The van der Waals surface area contributed by atoms with E-state index in [1.54, 1.807) is 0 Å². The number of nitrogens with zero attached hydrogens (tertiary/aromatic N) is 4. The molecule has 2 aliphatic heterocycles. The first-order valence-corrected chi connectivity index (χ1v) is 11.7. The molecule has 9 heteroatoms. The number of rotatable bonds is 9. The van der Waals surface area contributed by atoms with E-state index in [0.717, 1.165) is 36.0 Å². The van der Waals surface area contributed by atoms with Crippen molar-refractivity contribution in [3.8, 4) is 11.5 Å². The first-order valence-electron chi connectivity index (χ1n) is 11.7. The third-order valence-corrected chi connectivity index (χ3v) is 6.70. The van der Waals surface area contributed by atoms with Crippen molar-refractivity contribution in [1.82, 2.24) is 19.5 Å². The summed E-state index contributed by atoms with van der Waals surface area (Å²) in [6, 6.07) is 4.61. The molecule has 2 N–H and O–H groups in total. The van der Waals surface area contributed by atoms with E-state index >= 15 is 0 Å². The third-order valence-electron chi connectivity index (χ3n) is 6.70. The number of aliphatic carboxylic acids is 1. The number of H-pyrrole nitrogens is 1. The molecule has 33 heavy (non-hydrogen) atoms. The number of aryl methyl sites for hydroxylation is 2. The molecule has 0 bridgehead atoms. The van der Waals surface area contributed by atoms with Gasteiger partial charge >= 0.3 is 11.7 Å². The Labute approximate surface area is 191 Å². The number of aromatic amines is 1. The third kappa shape index (κ3) is 4.91. The molecule has 1 fully saturated rings. The summed E-state index contributed by atoms with van der Waals surface area (Å²) in [4.78, 5) is 48.4. The molecule has 0 saturated heterocycles. The van der Waals surface area contributed by atoms with Gasteiger partial charge in [0.15, 0.2) is 11.5 Å². The summed E-state index contributed by atoms with van der Waals surface area (Å²) in [5.74, 6) is -0.490. The molecule has 2 heterocycles. The molecule has 0 aromatic heterocycles. The molecule has 0 amide bonds. The number of unbranched alkanes of at least 4 members (excludes halogenated alkanes) is 3. The molecule has 3 aliphatic rings. The lowest BCUT2D eigenvalue weighted by atomic mass is 10.1. The molecule has 4 rings (SSSR count). The molecule has 0 radical (unpaired) electrons. The van der Waals surface area contributed by atoms with Gasteiger partial charge in [-0.1, -0.05) is 25.7 Å². The number of anilines is 1. The van der Waals surface area contributed by atoms with E-state index in [0.29, 0.717) is 30.3 Å². The van der Waals surface area contributed by atoms with E-state index in [2.05, 4.69) is 39.9 Å². The Hall–Kier alpha value is -3.23. The van der Waals surface area contributed by atoms with Crippen LogP contribution in [0.2, 0.25) is 0 Å². The fourth-order valence-corrected chi connectivity index (χ4v) is 4.93. The van der Waals surface area contributed by atoms with Crippen molar-refractivity contribution in [1.29, 1.82) is 0 Å². The van der Waals surface area contributed by atoms with Crippen LogP contribution in [0.3, 0.4) is 0 Å². The average Bonchev–Trinajstić information content (AvgIpc) is 3.30. The van der Waals surface area contributed by atoms with Crippen LogP contribution in [-0.4, -0.2) is 43.7 Å². The molecule has 0 spiro atoms. The molecule has 1 saturated carbocycles. The zero-order valence-corrected chi connectivity index (χ0v) is 19.3. The molecule has 1 aromatic carbocycles. The Bertz CT molecular complexity index is 1240. The van der Waals surface area contributed by atoms with Crippen LogP contribution in [0.4, 0.5) is 5.69 Å². The van der Waals surface area contributed by atoms with E-state index in [9.17, 15) is 14.4 Å². The van der Waals surface area contributed by atoms with E-state index < -0.39 is 17.2 Å². The normalized spacial score (nSPS) is 14.4. The highest BCUT2D eigenvalue weighted by Crippen LogP contribution is 2.33. The number of carboxylic acid groups (broad SMARTS) is 1. The van der Waals surface area contributed by atoms with E-state index in [-0.39, 0.29) is 12.1 Å². The SMILES string of the molecule is Cc1cc2nc3c(=O)[nH]c(=O)nc-3n(CCCCCCC(=O)O)c2cc1N(C)C1CCCC1. The molecule has 0 atom stereocenters. The van der Waals surface area contributed by atoms with Crippen LogP contribution >= 0.6 is 0 Å². The van der Waals surface area contributed by atoms with Crippen LogP contribution in [0.25, 0.3) is 22.6 Å². The van der Waals surface area contributed by atoms with Crippen LogP contribution in [0, 0.1) is 6.92 Å². The van der Waals surface area contributed by atoms with Gasteiger partial charge in [-0.3, -0.25) is 14.6 Å². The fraction of sp³-hybridized carbons (Fsp3) is 0.542. The van der Waals surface area contributed by atoms with E-state index in [1.165, 1.54) is 25.7 Å². The second-order valence-electron chi connectivity index (χ2n) is 9.04. The molecule has 0 unspecified atom stereocenters. The van der Waals surface area contributed by atoms with Crippen molar-refractivity contribution in [3.63, 3.8) is 0 Å². The van der Waals surface area contributed by atoms with Gasteiger partial charge < -0.3 is 14.6 Å². The Balaban J connectivity index is 1.74. The Morgan fingerprint density at radius 1 is 1.15 bits per heavy atom. The molecule has 1 aliphatic carbocycles. The van der Waals surface area contributed by atoms with Crippen LogP contribution in [0.1, 0.15) is 63.4 Å². The molecule has 176 valence electrons. The minimum atomic E-state index is -0.781. The van der Waals surface area contributed by atoms with Crippen molar-refractivity contribution < 1.29 is 9.90 Å². The van der Waals surface area contributed by atoms with Gasteiger partial charge in [-0.05, 0) is 50.3 Å². The minimum Gasteiger partial charge on any atom is -0.481 e. The van der Waals surface area contributed by atoms with Crippen LogP contribution < -0.4 is 16.1 Å². The van der Waals surface area contributed by atoms with Crippen LogP contribution in [0.15, 0.2) is 21.7 Å². The van der Waals surface area contributed by atoms with Gasteiger partial charge in [-0.15, -0.1) is 0 Å². The maximum atomic E-state index is 12.5. The van der Waals surface area contributed by atoms with Gasteiger partial charge in [0, 0.05) is 31.7 Å². The summed E-state index contributed by atoms with van der Waals surface area (Å²) in [5.41, 5.74) is 2.69. The Morgan fingerprint density at radius 2 is 1.88 bits per heavy atom. The van der Waals surface area contributed by atoms with Gasteiger partial charge in [0.25, 0.3) is 5.56 Å². The number of benzene rings is 1. The number of aromatic nitrogens is 4. The molecule has 9 nitrogen and oxygen atoms in total. The summed E-state index contributed by atoms with van der Waals surface area (Å²) in [5, 5.41) is 8.82. The summed E-state index contributed by atoms with van der Waals surface area (Å²) in [6.07, 6.45) is 8.08. The highest BCUT2D eigenvalue weighted by molar-refractivity contribution is 5.84. The molecule has 1 aromatic rings. The summed E-state index contributed by atoms with van der Waals surface area (Å²) in [7, 11) is 2.13. The maximum absolute atomic E-state index is 12.5. The lowest BCUT2D eigenvalue weighted by Crippen LogP contribution is -2.30. The van der Waals surface area contributed by atoms with Crippen molar-refractivity contribution in [3.05, 3.63) is 38.5 Å². The second kappa shape index (κ2) is 9.72. The first-order chi connectivity index (χ1) is 15.8. The highest BCUT2D eigenvalue weighted by atomic mass is 16.4. The van der Waals surface area contributed by atoms with Gasteiger partial charge in [0.1, 0.15) is 0 Å². The lowest BCUT2D eigenvalue weighted by Gasteiger charge is -2.29. The molecular weight excluding hydrogens is 422 g/mol. The van der Waals surface area contributed by atoms with Crippen molar-refractivity contribution in [2.75, 3.05) is 11.9 Å². The summed E-state index contributed by atoms with van der Waals surface area (Å²) >= 11 is 0. The van der Waals surface area contributed by atoms with Crippen molar-refractivity contribution in [2.45, 2.75) is 77.3 Å². The Morgan fingerprint density at radius 3 is 2.61 bits per heavy atom. The minimum absolute atomic E-state index is 0.157. The number of hydrogen-bond donors (Lipinski definition) is 2. The topological polar surface area (TPSA) is 121 Å². The highest BCUT2D eigenvalue weighted by Gasteiger charge is 2.23. The van der Waals surface area contributed by atoms with Gasteiger partial charge in [0.05, 0.1) is 11.0 Å². The van der Waals surface area contributed by atoms with E-state index in [4.69, 9.17) is 5.11 Å². The van der Waals surface area contributed by atoms with E-state index in [1.807, 2.05) is 10.6 Å². The predicted molar refractivity (Wildman–Crippen MR) is 127 cm³/mol. The number of hydrogen-bond acceptors (Lipinski definition) is 6. The zero-order valence-electron chi connectivity index (χ0n) is 19.3. The Kier molecular flexibility index (Phi) is 6.76. The average molecular weight is 454 g/mol. The number of carboxylic acids is 1. The smallest absolute Gasteiger partial charge is 0.349 e. The largest absolute Gasteiger partial charge is 0.481 e. The summed E-state index contributed by atoms with van der Waals surface area (Å²) < 4.78 is 1.93. The quantitative estimate of drug-likeness (QED) is 0.377. The van der Waals surface area contributed by atoms with Gasteiger partial charge in [-0.25, -0.2) is 9.78 Å². The van der Waals surface area contributed by atoms with Crippen molar-refractivity contribution >= 4 is 22.7 Å². The predicted octanol–water partition coefficient (Wildman–Crippen LogP) is 3.31. The molecular formula is C24H31N5O4. The number of nitrogens with one attached hydrogen (secondary N) is 1. The standard InChI is InChI=1S/C24H31N5O4/c1-15-13-17-19(14-18(15)28(2)16-9-6-7-10-16)29(12-8-4-3-5-11-20(30)31)22-21(25-17)23(32)27-24(33)26-22/h13-14,16H,3-12H2,1-2H3,(H,30,31)(H,27,32,33). The monoisotopic (exact) mass is 453 g/mol. The number of carbonyl (C=O) groups is 1. The fourth-order valence-electron chi connectivity index (χ4n) is 4.93.